The third-order valence-electron chi connectivity index (χ3n) is 0. The Balaban J connectivity index is -0.00000000500. The summed E-state index contributed by atoms with van der Waals surface area (Å²) >= 11 is 0. The molecule has 2 nitrogen and oxygen atoms in total. The maximum atomic E-state index is 7.50. The van der Waals surface area contributed by atoms with Crippen LogP contribution in [0.3, 0.4) is 0 Å². The molecule has 21 valence electrons. The van der Waals surface area contributed by atoms with Gasteiger partial charge in [-0.1, -0.05) is 5.59 Å². The molecule has 0 bridgehead atoms. The molecule has 0 aromatic rings. The fraction of sp³-hybridized carbons (Fsp3) is 0. The number of nitroso groups, excluding NO2 is 1. The zero-order valence-electron chi connectivity index (χ0n) is 1.86. The number of hydrogen-bond acceptors (Lipinski definition) is 2. The largest absolute Gasteiger partial charge is 0.154 e. The standard InChI is InChI=1S/HNO.Ti.V/c1-2;;/h1H;;. The molecule has 0 saturated heterocycles. The predicted octanol–water partition coefficient (Wildman–Crippen LogP) is 0.327. The minimum atomic E-state index is 0. The zero-order valence-corrected chi connectivity index (χ0v) is 4.81. The van der Waals surface area contributed by atoms with E-state index >= 15 is 0 Å². The van der Waals surface area contributed by atoms with E-state index in [2.05, 4.69) is 5.59 Å². The zero-order chi connectivity index (χ0) is 2.00. The fourth-order valence-corrected chi connectivity index (χ4v) is 0. The summed E-state index contributed by atoms with van der Waals surface area (Å²) in [4.78, 5) is 7.50. The van der Waals surface area contributed by atoms with E-state index in [1.807, 2.05) is 0 Å². The minimum Gasteiger partial charge on any atom is -0.154 e. The molecule has 4 heteroatoms. The summed E-state index contributed by atoms with van der Waals surface area (Å²) in [6.45, 7) is 0. The second-order valence-electron chi connectivity index (χ2n) is 0. The van der Waals surface area contributed by atoms with Crippen LogP contribution in [0.1, 0.15) is 0 Å². The van der Waals surface area contributed by atoms with Gasteiger partial charge in [-0.3, -0.25) is 0 Å². The van der Waals surface area contributed by atoms with E-state index in [0.29, 0.717) is 0 Å². The van der Waals surface area contributed by atoms with Crippen molar-refractivity contribution < 1.29 is 40.3 Å². The van der Waals surface area contributed by atoms with Crippen molar-refractivity contribution in [2.75, 3.05) is 0 Å². The Kier molecular flexibility index (Phi) is 209. The van der Waals surface area contributed by atoms with Crippen LogP contribution in [0.25, 0.3) is 0 Å². The van der Waals surface area contributed by atoms with Gasteiger partial charge in [-0.2, -0.15) is 4.91 Å². The van der Waals surface area contributed by atoms with Gasteiger partial charge in [0, 0.05) is 40.3 Å². The Hall–Kier alpha value is 0.899. The number of hydrogen-bond donors (Lipinski definition) is 1. The second-order valence-corrected chi connectivity index (χ2v) is 0. The van der Waals surface area contributed by atoms with Gasteiger partial charge >= 0.3 is 0 Å². The van der Waals surface area contributed by atoms with Gasteiger partial charge in [-0.25, -0.2) is 0 Å². The molecule has 0 unspecified atom stereocenters. The smallest absolute Gasteiger partial charge is 0 e. The first-order valence-corrected chi connectivity index (χ1v) is 0.204. The summed E-state index contributed by atoms with van der Waals surface area (Å²) in [5.41, 5.74) is 4.50. The Morgan fingerprint density at radius 3 is 1.25 bits per heavy atom. The van der Waals surface area contributed by atoms with Crippen molar-refractivity contribution in [3.63, 3.8) is 0 Å². The summed E-state index contributed by atoms with van der Waals surface area (Å²) in [5.74, 6) is 0. The molecule has 0 heterocycles. The average Bonchev–Trinajstić information content (AvgIpc) is 1.00. The summed E-state index contributed by atoms with van der Waals surface area (Å²) < 4.78 is 0. The Morgan fingerprint density at radius 2 is 1.25 bits per heavy atom. The molecule has 4 heavy (non-hydrogen) atoms. The maximum absolute atomic E-state index is 7.50. The number of rotatable bonds is 0. The molecular weight excluding hydrogens is 129 g/mol. The van der Waals surface area contributed by atoms with E-state index in [9.17, 15) is 0 Å². The van der Waals surface area contributed by atoms with Gasteiger partial charge in [0.1, 0.15) is 0 Å². The number of nitrogens with one attached hydrogen (secondary N) is 1. The van der Waals surface area contributed by atoms with Gasteiger partial charge in [0.05, 0.1) is 0 Å². The molecule has 0 amide bonds. The van der Waals surface area contributed by atoms with E-state index in [-0.39, 0.29) is 40.3 Å². The van der Waals surface area contributed by atoms with Crippen molar-refractivity contribution in [2.45, 2.75) is 0 Å². The van der Waals surface area contributed by atoms with Crippen molar-refractivity contribution in [2.24, 2.45) is 0 Å². The van der Waals surface area contributed by atoms with E-state index in [4.69, 9.17) is 4.91 Å². The predicted molar refractivity (Wildman–Crippen MR) is 6.09 cm³/mol. The first-order chi connectivity index (χ1) is 1.00. The monoisotopic (exact) mass is 130 g/mol. The van der Waals surface area contributed by atoms with Crippen LogP contribution >= 0.6 is 0 Å². The van der Waals surface area contributed by atoms with Crippen LogP contribution < -0.4 is 0 Å². The van der Waals surface area contributed by atoms with Crippen molar-refractivity contribution in [1.29, 1.82) is 5.59 Å². The summed E-state index contributed by atoms with van der Waals surface area (Å²) in [6, 6.07) is 0. The average molecular weight is 130 g/mol. The molecule has 0 aromatic carbocycles. The van der Waals surface area contributed by atoms with E-state index < -0.39 is 0 Å². The van der Waals surface area contributed by atoms with Crippen LogP contribution in [0.5, 0.6) is 0 Å². The van der Waals surface area contributed by atoms with Gasteiger partial charge in [0.25, 0.3) is 0 Å². The molecule has 0 aliphatic rings. The topological polar surface area (TPSA) is 40.9 Å². The van der Waals surface area contributed by atoms with Crippen molar-refractivity contribution >= 4 is 0 Å². The van der Waals surface area contributed by atoms with Gasteiger partial charge in [0.15, 0.2) is 0 Å². The Morgan fingerprint density at radius 1 is 1.25 bits per heavy atom. The molecule has 1 N–H and O–H groups in total. The van der Waals surface area contributed by atoms with Crippen LogP contribution in [0, 0.1) is 10.5 Å². The third-order valence-corrected chi connectivity index (χ3v) is 0. The van der Waals surface area contributed by atoms with E-state index in [0.717, 1.165) is 0 Å². The fourth-order valence-electron chi connectivity index (χ4n) is 0. The summed E-state index contributed by atoms with van der Waals surface area (Å²) in [6.07, 6.45) is 0. The van der Waals surface area contributed by atoms with Crippen LogP contribution in [0.2, 0.25) is 0 Å². The molecule has 0 aliphatic heterocycles. The SMILES string of the molecule is N=O.[Ti].[V]. The minimum absolute atomic E-state index is 0. The van der Waals surface area contributed by atoms with Gasteiger partial charge in [-0.15, -0.1) is 0 Å². The first-order valence-electron chi connectivity index (χ1n) is 0.204. The molecular formula is HNOTiV. The van der Waals surface area contributed by atoms with Crippen molar-refractivity contribution in [1.82, 2.24) is 0 Å². The normalized spacial score (nSPS) is 1.00. The molecule has 0 saturated carbocycles. The molecule has 0 aliphatic carbocycles. The van der Waals surface area contributed by atoms with Crippen molar-refractivity contribution in [3.8, 4) is 0 Å². The molecule has 0 fully saturated rings. The molecule has 0 aromatic heterocycles. The molecule has 1 radical (unpaired) electrons. The van der Waals surface area contributed by atoms with E-state index in [1.54, 1.807) is 0 Å². The maximum Gasteiger partial charge on any atom is 0 e. The van der Waals surface area contributed by atoms with Gasteiger partial charge < -0.3 is 0 Å². The third kappa shape index (κ3) is 12.9. The van der Waals surface area contributed by atoms with Crippen LogP contribution in [-0.2, 0) is 40.3 Å². The van der Waals surface area contributed by atoms with Gasteiger partial charge in [0.2, 0.25) is 0 Å². The van der Waals surface area contributed by atoms with Crippen molar-refractivity contribution in [3.05, 3.63) is 4.91 Å². The molecule has 0 spiro atoms. The van der Waals surface area contributed by atoms with Crippen LogP contribution in [0.15, 0.2) is 0 Å². The van der Waals surface area contributed by atoms with E-state index in [1.165, 1.54) is 0 Å². The van der Waals surface area contributed by atoms with Crippen LogP contribution in [0.4, 0.5) is 0 Å². The summed E-state index contributed by atoms with van der Waals surface area (Å²) in [5, 5.41) is 0. The Labute approximate surface area is 50.9 Å². The Bertz CT molecular complexity index is 8.00. The van der Waals surface area contributed by atoms with Gasteiger partial charge in [-0.05, 0) is 0 Å². The van der Waals surface area contributed by atoms with Crippen LogP contribution in [-0.4, -0.2) is 0 Å². The summed E-state index contributed by atoms with van der Waals surface area (Å²) in [7, 11) is 0. The first kappa shape index (κ1) is 20.7. The quantitative estimate of drug-likeness (QED) is 0.372. The molecule has 0 rings (SSSR count). The molecule has 0 atom stereocenters. The second kappa shape index (κ2) is 40.6.